The number of hydrogen-bond donors (Lipinski definition) is 0. The first kappa shape index (κ1) is 17.2. The van der Waals surface area contributed by atoms with E-state index in [1.807, 2.05) is 0 Å². The summed E-state index contributed by atoms with van der Waals surface area (Å²) in [4.78, 5) is 28.6. The molecule has 0 aromatic carbocycles. The number of pyridine rings is 1. The molecule has 1 amide bonds. The number of amides is 1. The fraction of sp³-hybridized carbons (Fsp3) is 0.500. The Morgan fingerprint density at radius 2 is 2.05 bits per heavy atom. The minimum atomic E-state index is -0.875. The van der Waals surface area contributed by atoms with Gasteiger partial charge in [0, 0.05) is 12.6 Å². The summed E-state index contributed by atoms with van der Waals surface area (Å²) in [7, 11) is 2.89. The third-order valence-corrected chi connectivity index (χ3v) is 2.81. The maximum absolute atomic E-state index is 12.1. The summed E-state index contributed by atoms with van der Waals surface area (Å²) in [6.45, 7) is 5.25. The molecule has 1 aromatic rings. The quantitative estimate of drug-likeness (QED) is 0.631. The van der Waals surface area contributed by atoms with Crippen LogP contribution in [0.3, 0.4) is 0 Å². The summed E-state index contributed by atoms with van der Waals surface area (Å²) in [6.07, 6.45) is 0.00812. The van der Waals surface area contributed by atoms with Gasteiger partial charge in [0.05, 0.1) is 7.11 Å². The molecule has 0 spiro atoms. The summed E-state index contributed by atoms with van der Waals surface area (Å²) < 4.78 is 10.3. The molecule has 21 heavy (non-hydrogen) atoms. The van der Waals surface area contributed by atoms with Gasteiger partial charge < -0.3 is 14.3 Å². The fourth-order valence-electron chi connectivity index (χ4n) is 1.64. The summed E-state index contributed by atoms with van der Waals surface area (Å²) in [5.41, 5.74) is -0.216. The number of methoxy groups -OCH3 is 1. The average molecular weight is 315 g/mol. The van der Waals surface area contributed by atoms with Gasteiger partial charge in [-0.3, -0.25) is 4.90 Å². The Labute approximate surface area is 129 Å². The Bertz CT molecular complexity index is 528. The highest BCUT2D eigenvalue weighted by Crippen LogP contribution is 2.28. The number of halogens is 1. The molecule has 1 atom stereocenters. The highest BCUT2D eigenvalue weighted by atomic mass is 35.5. The maximum atomic E-state index is 12.1. The molecule has 0 fully saturated rings. The predicted molar refractivity (Wildman–Crippen MR) is 78.6 cm³/mol. The van der Waals surface area contributed by atoms with Gasteiger partial charge in [-0.15, -0.1) is 0 Å². The van der Waals surface area contributed by atoms with Crippen LogP contribution in [0, 0.1) is 0 Å². The van der Waals surface area contributed by atoms with Crippen molar-refractivity contribution < 1.29 is 19.1 Å². The van der Waals surface area contributed by atoms with E-state index in [1.54, 1.807) is 26.8 Å². The topological polar surface area (TPSA) is 68.7 Å². The molecule has 116 valence electrons. The third kappa shape index (κ3) is 4.60. The van der Waals surface area contributed by atoms with E-state index in [-0.39, 0.29) is 11.0 Å². The van der Waals surface area contributed by atoms with E-state index in [2.05, 4.69) is 4.98 Å². The second-order valence-corrected chi connectivity index (χ2v) is 5.79. The number of likely N-dealkylation sites (N-methyl/N-ethyl adjacent to an activating group) is 1. The van der Waals surface area contributed by atoms with Crippen LogP contribution < -0.4 is 4.74 Å². The summed E-state index contributed by atoms with van der Waals surface area (Å²) in [5.74, 6) is 0.190. The SMILES string of the molecule is COc1nc(Cl)ccc1C(C=O)N(C)C(=O)OC(C)(C)C. The van der Waals surface area contributed by atoms with Gasteiger partial charge >= 0.3 is 6.09 Å². The molecule has 7 heteroatoms. The first-order chi connectivity index (χ1) is 9.69. The number of aldehydes is 1. The molecule has 0 aliphatic heterocycles. The van der Waals surface area contributed by atoms with Crippen molar-refractivity contribution in [3.8, 4) is 5.88 Å². The van der Waals surface area contributed by atoms with Gasteiger partial charge in [0.2, 0.25) is 5.88 Å². The van der Waals surface area contributed by atoms with Crippen LogP contribution in [-0.4, -0.2) is 42.0 Å². The van der Waals surface area contributed by atoms with Crippen LogP contribution in [0.2, 0.25) is 5.15 Å². The number of rotatable bonds is 4. The van der Waals surface area contributed by atoms with E-state index in [0.29, 0.717) is 11.8 Å². The van der Waals surface area contributed by atoms with Gasteiger partial charge in [-0.25, -0.2) is 9.78 Å². The second-order valence-electron chi connectivity index (χ2n) is 5.40. The van der Waals surface area contributed by atoms with E-state index in [9.17, 15) is 9.59 Å². The zero-order valence-electron chi connectivity index (χ0n) is 12.7. The molecule has 0 N–H and O–H groups in total. The van der Waals surface area contributed by atoms with E-state index in [4.69, 9.17) is 21.1 Å². The number of carbonyl (C=O) groups is 2. The normalized spacial score (nSPS) is 12.5. The monoisotopic (exact) mass is 314 g/mol. The van der Waals surface area contributed by atoms with Crippen LogP contribution in [0.5, 0.6) is 5.88 Å². The van der Waals surface area contributed by atoms with Crippen LogP contribution in [0.1, 0.15) is 32.4 Å². The van der Waals surface area contributed by atoms with Gasteiger partial charge in [-0.1, -0.05) is 11.6 Å². The van der Waals surface area contributed by atoms with E-state index < -0.39 is 17.7 Å². The third-order valence-electron chi connectivity index (χ3n) is 2.60. The minimum absolute atomic E-state index is 0.190. The zero-order valence-corrected chi connectivity index (χ0v) is 13.5. The van der Waals surface area contributed by atoms with Crippen LogP contribution >= 0.6 is 11.6 Å². The largest absolute Gasteiger partial charge is 0.481 e. The molecule has 0 saturated carbocycles. The Morgan fingerprint density at radius 1 is 1.43 bits per heavy atom. The Kier molecular flexibility index (Phi) is 5.54. The van der Waals surface area contributed by atoms with Crippen LogP contribution in [-0.2, 0) is 9.53 Å². The highest BCUT2D eigenvalue weighted by Gasteiger charge is 2.28. The van der Waals surface area contributed by atoms with Crippen LogP contribution in [0.15, 0.2) is 12.1 Å². The van der Waals surface area contributed by atoms with Crippen molar-refractivity contribution >= 4 is 24.0 Å². The molecule has 1 rings (SSSR count). The van der Waals surface area contributed by atoms with Crippen LogP contribution in [0.4, 0.5) is 4.79 Å². The Morgan fingerprint density at radius 3 is 2.52 bits per heavy atom. The van der Waals surface area contributed by atoms with Gasteiger partial charge in [-0.05, 0) is 32.9 Å². The predicted octanol–water partition coefficient (Wildman–Crippen LogP) is 2.85. The molecule has 1 heterocycles. The van der Waals surface area contributed by atoms with Crippen LogP contribution in [0.25, 0.3) is 0 Å². The van der Waals surface area contributed by atoms with Crippen molar-refractivity contribution in [1.29, 1.82) is 0 Å². The maximum Gasteiger partial charge on any atom is 0.410 e. The number of carbonyl (C=O) groups excluding carboxylic acids is 2. The summed E-state index contributed by atoms with van der Waals surface area (Å²) >= 11 is 5.79. The minimum Gasteiger partial charge on any atom is -0.481 e. The van der Waals surface area contributed by atoms with Crippen molar-refractivity contribution in [3.05, 3.63) is 22.8 Å². The smallest absolute Gasteiger partial charge is 0.410 e. The van der Waals surface area contributed by atoms with Gasteiger partial charge in [0.25, 0.3) is 0 Å². The molecule has 0 radical (unpaired) electrons. The number of ether oxygens (including phenoxy) is 2. The van der Waals surface area contributed by atoms with Crippen molar-refractivity contribution in [2.45, 2.75) is 32.4 Å². The lowest BCUT2D eigenvalue weighted by atomic mass is 10.1. The standard InChI is InChI=1S/C14H19ClN2O4/c1-14(2,3)21-13(19)17(4)10(8-18)9-6-7-11(15)16-12(9)20-5/h6-8,10H,1-5H3. The lowest BCUT2D eigenvalue weighted by Crippen LogP contribution is -2.37. The molecular weight excluding hydrogens is 296 g/mol. The molecular formula is C14H19ClN2O4. The Hall–Kier alpha value is -1.82. The number of aromatic nitrogens is 1. The van der Waals surface area contributed by atoms with Crippen molar-refractivity contribution in [3.63, 3.8) is 0 Å². The van der Waals surface area contributed by atoms with E-state index >= 15 is 0 Å². The molecule has 1 unspecified atom stereocenters. The lowest BCUT2D eigenvalue weighted by molar-refractivity contribution is -0.112. The molecule has 6 nitrogen and oxygen atoms in total. The summed E-state index contributed by atoms with van der Waals surface area (Å²) in [5, 5.41) is 0.236. The zero-order chi connectivity index (χ0) is 16.2. The molecule has 1 aromatic heterocycles. The average Bonchev–Trinajstić information content (AvgIpc) is 2.38. The first-order valence-electron chi connectivity index (χ1n) is 6.31. The van der Waals surface area contributed by atoms with Crippen molar-refractivity contribution in [2.24, 2.45) is 0 Å². The molecule has 0 saturated heterocycles. The molecule has 0 aliphatic rings. The van der Waals surface area contributed by atoms with Crippen molar-refractivity contribution in [1.82, 2.24) is 9.88 Å². The lowest BCUT2D eigenvalue weighted by Gasteiger charge is -2.28. The van der Waals surface area contributed by atoms with Gasteiger partial charge in [0.15, 0.2) is 0 Å². The number of hydrogen-bond acceptors (Lipinski definition) is 5. The molecule has 0 bridgehead atoms. The van der Waals surface area contributed by atoms with E-state index in [0.717, 1.165) is 0 Å². The fourth-order valence-corrected chi connectivity index (χ4v) is 1.78. The highest BCUT2D eigenvalue weighted by molar-refractivity contribution is 6.29. The van der Waals surface area contributed by atoms with Gasteiger partial charge in [-0.2, -0.15) is 0 Å². The molecule has 0 aliphatic carbocycles. The van der Waals surface area contributed by atoms with Crippen molar-refractivity contribution in [2.75, 3.05) is 14.2 Å². The Balaban J connectivity index is 3.08. The van der Waals surface area contributed by atoms with Gasteiger partial charge in [0.1, 0.15) is 23.1 Å². The first-order valence-corrected chi connectivity index (χ1v) is 6.69. The van der Waals surface area contributed by atoms with E-state index in [1.165, 1.54) is 25.1 Å². The number of nitrogens with zero attached hydrogens (tertiary/aromatic N) is 2. The summed E-state index contributed by atoms with van der Waals surface area (Å²) in [6, 6.07) is 2.24. The second kappa shape index (κ2) is 6.76.